The fraction of sp³-hybridized carbons (Fsp3) is 0.267. The Hall–Kier alpha value is -1.82. The molecule has 3 rings (SSSR count). The maximum Gasteiger partial charge on any atom is 0.260 e. The lowest BCUT2D eigenvalue weighted by molar-refractivity contribution is 0.102. The molecule has 1 aliphatic heterocycles. The molecule has 1 aromatic carbocycles. The van der Waals surface area contributed by atoms with Crippen LogP contribution in [0.15, 0.2) is 39.6 Å². The molecule has 2 aromatic rings. The normalized spacial score (nSPS) is 14.5. The van der Waals surface area contributed by atoms with E-state index in [1.807, 2.05) is 4.90 Å². The van der Waals surface area contributed by atoms with Crippen molar-refractivity contribution < 1.29 is 13.6 Å². The Morgan fingerprint density at radius 1 is 1.29 bits per heavy atom. The van der Waals surface area contributed by atoms with Gasteiger partial charge in [0, 0.05) is 18.8 Å². The fourth-order valence-corrected chi connectivity index (χ4v) is 2.87. The van der Waals surface area contributed by atoms with Crippen molar-refractivity contribution in [2.75, 3.05) is 23.3 Å². The van der Waals surface area contributed by atoms with Crippen LogP contribution in [-0.4, -0.2) is 19.0 Å². The molecular formula is C15H14BrFN2O2. The van der Waals surface area contributed by atoms with Gasteiger partial charge in [0.15, 0.2) is 4.67 Å². The van der Waals surface area contributed by atoms with Crippen LogP contribution in [0.4, 0.5) is 15.8 Å². The summed E-state index contributed by atoms with van der Waals surface area (Å²) in [5, 5.41) is 2.66. The zero-order valence-electron chi connectivity index (χ0n) is 11.2. The molecule has 0 bridgehead atoms. The highest BCUT2D eigenvalue weighted by Gasteiger charge is 2.17. The molecule has 110 valence electrons. The van der Waals surface area contributed by atoms with Crippen LogP contribution in [0, 0.1) is 5.82 Å². The van der Waals surface area contributed by atoms with Gasteiger partial charge in [-0.1, -0.05) is 0 Å². The first kappa shape index (κ1) is 14.1. The first-order chi connectivity index (χ1) is 10.1. The van der Waals surface area contributed by atoms with Crippen molar-refractivity contribution in [1.29, 1.82) is 0 Å². The quantitative estimate of drug-likeness (QED) is 0.906. The monoisotopic (exact) mass is 352 g/mol. The molecule has 1 saturated heterocycles. The van der Waals surface area contributed by atoms with E-state index in [0.717, 1.165) is 25.9 Å². The Labute approximate surface area is 130 Å². The van der Waals surface area contributed by atoms with Gasteiger partial charge in [-0.3, -0.25) is 4.79 Å². The minimum absolute atomic E-state index is 0.319. The second-order valence-electron chi connectivity index (χ2n) is 4.92. The molecule has 0 unspecified atom stereocenters. The summed E-state index contributed by atoms with van der Waals surface area (Å²) < 4.78 is 19.5. The lowest BCUT2D eigenvalue weighted by Gasteiger charge is -2.18. The van der Waals surface area contributed by atoms with E-state index >= 15 is 0 Å². The van der Waals surface area contributed by atoms with E-state index in [1.165, 1.54) is 12.3 Å². The number of rotatable bonds is 3. The highest BCUT2D eigenvalue weighted by Crippen LogP contribution is 2.26. The summed E-state index contributed by atoms with van der Waals surface area (Å²) in [6.45, 7) is 1.76. The van der Waals surface area contributed by atoms with Crippen LogP contribution in [0.1, 0.15) is 23.2 Å². The first-order valence-electron chi connectivity index (χ1n) is 6.74. The van der Waals surface area contributed by atoms with Crippen LogP contribution >= 0.6 is 15.9 Å². The van der Waals surface area contributed by atoms with Gasteiger partial charge in [0.2, 0.25) is 0 Å². The van der Waals surface area contributed by atoms with Crippen molar-refractivity contribution in [3.8, 4) is 0 Å². The highest BCUT2D eigenvalue weighted by molar-refractivity contribution is 9.10. The van der Waals surface area contributed by atoms with Crippen LogP contribution < -0.4 is 10.2 Å². The standard InChI is InChI=1S/C15H14BrFN2O2/c16-14-11(5-8-21-14)15(20)18-10-3-4-13(12(17)9-10)19-6-1-2-7-19/h3-5,8-9H,1-2,6-7H2,(H,18,20). The number of anilines is 2. The number of carbonyl (C=O) groups is 1. The molecule has 1 aliphatic rings. The van der Waals surface area contributed by atoms with Gasteiger partial charge in [-0.05, 0) is 53.0 Å². The number of amides is 1. The average molecular weight is 353 g/mol. The van der Waals surface area contributed by atoms with Gasteiger partial charge in [0.05, 0.1) is 17.5 Å². The molecule has 0 aliphatic carbocycles. The van der Waals surface area contributed by atoms with Crippen molar-refractivity contribution in [3.05, 3.63) is 46.6 Å². The van der Waals surface area contributed by atoms with E-state index in [0.29, 0.717) is 21.6 Å². The van der Waals surface area contributed by atoms with Gasteiger partial charge < -0.3 is 14.6 Å². The Kier molecular flexibility index (Phi) is 3.96. The topological polar surface area (TPSA) is 45.5 Å². The predicted molar refractivity (Wildman–Crippen MR) is 82.2 cm³/mol. The van der Waals surface area contributed by atoms with Crippen molar-refractivity contribution in [2.24, 2.45) is 0 Å². The second kappa shape index (κ2) is 5.89. The highest BCUT2D eigenvalue weighted by atomic mass is 79.9. The van der Waals surface area contributed by atoms with Gasteiger partial charge in [-0.25, -0.2) is 4.39 Å². The number of furan rings is 1. The molecule has 1 fully saturated rings. The van der Waals surface area contributed by atoms with Gasteiger partial charge in [-0.2, -0.15) is 0 Å². The lowest BCUT2D eigenvalue weighted by atomic mass is 10.2. The van der Waals surface area contributed by atoms with Crippen LogP contribution in [0.2, 0.25) is 0 Å². The third kappa shape index (κ3) is 2.95. The van der Waals surface area contributed by atoms with Gasteiger partial charge >= 0.3 is 0 Å². The zero-order chi connectivity index (χ0) is 14.8. The lowest BCUT2D eigenvalue weighted by Crippen LogP contribution is -2.19. The number of hydrogen-bond donors (Lipinski definition) is 1. The summed E-state index contributed by atoms with van der Waals surface area (Å²) in [5.41, 5.74) is 1.39. The summed E-state index contributed by atoms with van der Waals surface area (Å²) in [6, 6.07) is 6.32. The van der Waals surface area contributed by atoms with Gasteiger partial charge in [0.1, 0.15) is 5.82 Å². The molecule has 21 heavy (non-hydrogen) atoms. The maximum atomic E-state index is 14.2. The van der Waals surface area contributed by atoms with Crippen molar-refractivity contribution in [3.63, 3.8) is 0 Å². The molecule has 6 heteroatoms. The molecule has 0 spiro atoms. The van der Waals surface area contributed by atoms with Crippen LogP contribution in [-0.2, 0) is 0 Å². The van der Waals surface area contributed by atoms with E-state index in [-0.39, 0.29) is 11.7 Å². The summed E-state index contributed by atoms with van der Waals surface area (Å²) in [7, 11) is 0. The van der Waals surface area contributed by atoms with Crippen molar-refractivity contribution >= 4 is 33.2 Å². The van der Waals surface area contributed by atoms with Crippen molar-refractivity contribution in [2.45, 2.75) is 12.8 Å². The summed E-state index contributed by atoms with van der Waals surface area (Å²) in [4.78, 5) is 14.0. The molecule has 1 N–H and O–H groups in total. The SMILES string of the molecule is O=C(Nc1ccc(N2CCCC2)c(F)c1)c1ccoc1Br. The van der Waals surface area contributed by atoms with Crippen molar-refractivity contribution in [1.82, 2.24) is 0 Å². The largest absolute Gasteiger partial charge is 0.457 e. The molecule has 2 heterocycles. The Balaban J connectivity index is 1.76. The number of benzene rings is 1. The number of halogens is 2. The molecule has 0 saturated carbocycles. The van der Waals surface area contributed by atoms with E-state index < -0.39 is 0 Å². The molecule has 1 aromatic heterocycles. The van der Waals surface area contributed by atoms with Crippen LogP contribution in [0.3, 0.4) is 0 Å². The number of nitrogens with zero attached hydrogens (tertiary/aromatic N) is 1. The minimum atomic E-state index is -0.344. The van der Waals surface area contributed by atoms with Crippen LogP contribution in [0.5, 0.6) is 0 Å². The Morgan fingerprint density at radius 2 is 2.05 bits per heavy atom. The summed E-state index contributed by atoms with van der Waals surface area (Å²) >= 11 is 3.14. The van der Waals surface area contributed by atoms with E-state index in [2.05, 4.69) is 21.2 Å². The zero-order valence-corrected chi connectivity index (χ0v) is 12.8. The third-order valence-electron chi connectivity index (χ3n) is 3.51. The molecule has 1 amide bonds. The Bertz CT molecular complexity index is 665. The smallest absolute Gasteiger partial charge is 0.260 e. The predicted octanol–water partition coefficient (Wildman–Crippen LogP) is 4.03. The average Bonchev–Trinajstić information content (AvgIpc) is 3.10. The fourth-order valence-electron chi connectivity index (χ4n) is 2.45. The number of carbonyl (C=O) groups excluding carboxylic acids is 1. The van der Waals surface area contributed by atoms with E-state index in [9.17, 15) is 9.18 Å². The summed E-state index contributed by atoms with van der Waals surface area (Å²) in [6.07, 6.45) is 3.59. The first-order valence-corrected chi connectivity index (χ1v) is 7.53. The van der Waals surface area contributed by atoms with Gasteiger partial charge in [0.25, 0.3) is 5.91 Å². The van der Waals surface area contributed by atoms with Gasteiger partial charge in [-0.15, -0.1) is 0 Å². The maximum absolute atomic E-state index is 14.2. The van der Waals surface area contributed by atoms with E-state index in [4.69, 9.17) is 4.42 Å². The third-order valence-corrected chi connectivity index (χ3v) is 4.13. The number of nitrogens with one attached hydrogen (secondary N) is 1. The molecular weight excluding hydrogens is 339 g/mol. The van der Waals surface area contributed by atoms with E-state index in [1.54, 1.807) is 18.2 Å². The minimum Gasteiger partial charge on any atom is -0.457 e. The molecule has 0 radical (unpaired) electrons. The number of hydrogen-bond acceptors (Lipinski definition) is 3. The molecule has 4 nitrogen and oxygen atoms in total. The van der Waals surface area contributed by atoms with Crippen LogP contribution in [0.25, 0.3) is 0 Å². The molecule has 0 atom stereocenters. The Morgan fingerprint density at radius 3 is 2.67 bits per heavy atom. The second-order valence-corrected chi connectivity index (χ2v) is 5.64. The summed E-state index contributed by atoms with van der Waals surface area (Å²) in [5.74, 6) is -0.662.